The molecule has 3 saturated heterocycles. The number of H-pyrrole nitrogens is 1. The van der Waals surface area contributed by atoms with Crippen LogP contribution in [-0.2, 0) is 31.9 Å². The van der Waals surface area contributed by atoms with Crippen LogP contribution in [0.4, 0.5) is 24.5 Å². The third-order valence-corrected chi connectivity index (χ3v) is 17.8. The van der Waals surface area contributed by atoms with Gasteiger partial charge in [0.05, 0.1) is 44.6 Å². The number of alkyl halides is 3. The maximum absolute atomic E-state index is 14.1. The SMILES string of the molecule is Cc1ncsc1-c1ccc([C@H](C)NC(=O)[C@@H]2CCCN2C(=O)[C@@H](NC(=O)CCCCCCCCCC(=O)NCCN2CCN(Cc3cccc(-c4ccc(N5CCN(C)CC5)c(NC(=O)c5c[nH]c(=O)cc5C(F)(F)F)c4)c3)CC2)C(C)(C)C)cc1. The van der Waals surface area contributed by atoms with Gasteiger partial charge in [0.15, 0.2) is 0 Å². The molecule has 2 aromatic heterocycles. The first-order valence-electron chi connectivity index (χ1n) is 30.5. The predicted octanol–water partition coefficient (Wildman–Crippen LogP) is 9.64. The molecule has 3 aliphatic heterocycles. The van der Waals surface area contributed by atoms with Crippen LogP contribution in [0.15, 0.2) is 89.3 Å². The number of halogens is 3. The van der Waals surface area contributed by atoms with Crippen molar-refractivity contribution in [2.45, 2.75) is 136 Å². The Labute approximate surface area is 507 Å². The van der Waals surface area contributed by atoms with Gasteiger partial charge in [0, 0.05) is 104 Å². The number of nitrogens with zero attached hydrogens (tertiary/aromatic N) is 6. The molecule has 5 aromatic rings. The van der Waals surface area contributed by atoms with Crippen LogP contribution in [0.5, 0.6) is 0 Å². The molecule has 0 spiro atoms. The normalized spacial score (nSPS) is 17.1. The van der Waals surface area contributed by atoms with E-state index >= 15 is 0 Å². The molecule has 5 heterocycles. The lowest BCUT2D eigenvalue weighted by Crippen LogP contribution is -2.57. The van der Waals surface area contributed by atoms with Crippen molar-refractivity contribution in [3.8, 4) is 21.6 Å². The summed E-state index contributed by atoms with van der Waals surface area (Å²) in [6, 6.07) is 20.7. The van der Waals surface area contributed by atoms with E-state index in [9.17, 15) is 41.9 Å². The molecule has 3 atom stereocenters. The van der Waals surface area contributed by atoms with Crippen molar-refractivity contribution >= 4 is 52.2 Å². The molecule has 17 nitrogen and oxygen atoms in total. The fourth-order valence-corrected chi connectivity index (χ4v) is 12.5. The van der Waals surface area contributed by atoms with Crippen LogP contribution < -0.4 is 31.7 Å². The molecular weight excluding hydrogens is 1120 g/mol. The van der Waals surface area contributed by atoms with Crippen molar-refractivity contribution in [3.05, 3.63) is 123 Å². The van der Waals surface area contributed by atoms with Crippen LogP contribution in [0.3, 0.4) is 0 Å². The zero-order valence-corrected chi connectivity index (χ0v) is 51.6. The smallest absolute Gasteiger partial charge is 0.367 e. The zero-order valence-electron chi connectivity index (χ0n) is 50.8. The number of aromatic amines is 1. The number of aryl methyl sites for hydroxylation is 1. The number of aromatic nitrogens is 2. The summed E-state index contributed by atoms with van der Waals surface area (Å²) in [4.78, 5) is 97.5. The van der Waals surface area contributed by atoms with Crippen molar-refractivity contribution in [2.24, 2.45) is 5.41 Å². The molecule has 0 unspecified atom stereocenters. The third-order valence-electron chi connectivity index (χ3n) is 16.8. The maximum Gasteiger partial charge on any atom is 0.417 e. The van der Waals surface area contributed by atoms with Gasteiger partial charge in [-0.1, -0.05) is 101 Å². The Morgan fingerprint density at radius 1 is 0.756 bits per heavy atom. The summed E-state index contributed by atoms with van der Waals surface area (Å²) < 4.78 is 41.9. The highest BCUT2D eigenvalue weighted by atomic mass is 32.1. The van der Waals surface area contributed by atoms with Gasteiger partial charge in [-0.25, -0.2) is 4.98 Å². The van der Waals surface area contributed by atoms with E-state index in [0.29, 0.717) is 75.7 Å². The number of anilines is 2. The molecule has 0 bridgehead atoms. The highest BCUT2D eigenvalue weighted by molar-refractivity contribution is 7.13. The van der Waals surface area contributed by atoms with E-state index in [1.165, 1.54) is 0 Å². The number of likely N-dealkylation sites (tertiary alicyclic amines) is 1. The molecule has 464 valence electrons. The zero-order chi connectivity index (χ0) is 61.5. The highest BCUT2D eigenvalue weighted by Crippen LogP contribution is 2.36. The standard InChI is InChI=1S/C65H86F3N11O6S/c1-44(47-21-23-48(24-22-47)59-45(2)71-43-86-59)72-62(84)55-18-15-28-79(55)63(85)60(64(3,4)5)74-57(81)20-13-11-9-7-8-10-12-19-56(80)69-27-29-76-32-34-77(35-33-76)42-46-16-14-17-49(38-46)50-25-26-54(78-36-30-75(6)31-37-78)53(39-50)73-61(83)51-41-70-58(82)40-52(51)65(66,67)68/h14,16-17,21-26,38-41,43-44,55,60H,7-13,15,18-20,27-37,42H2,1-6H3,(H,69,80)(H,70,82)(H,72,84)(H,73,83)(H,74,81)/t44-,55-,60+/m0/s1. The number of amides is 5. The van der Waals surface area contributed by atoms with E-state index in [1.54, 1.807) is 22.3 Å². The predicted molar refractivity (Wildman–Crippen MR) is 333 cm³/mol. The van der Waals surface area contributed by atoms with Gasteiger partial charge in [0.25, 0.3) is 5.91 Å². The second kappa shape index (κ2) is 30.1. The molecule has 0 radical (unpaired) electrons. The Bertz CT molecular complexity index is 3160. The Morgan fingerprint density at radius 2 is 1.41 bits per heavy atom. The number of carbonyl (C=O) groups is 5. The van der Waals surface area contributed by atoms with E-state index in [1.807, 2.05) is 95.7 Å². The van der Waals surface area contributed by atoms with Gasteiger partial charge in [0.2, 0.25) is 29.2 Å². The van der Waals surface area contributed by atoms with Gasteiger partial charge < -0.3 is 41.0 Å². The summed E-state index contributed by atoms with van der Waals surface area (Å²) in [7, 11) is 2.03. The average Bonchev–Trinajstić information content (AvgIpc) is 2.73. The van der Waals surface area contributed by atoms with Crippen LogP contribution in [0.1, 0.15) is 137 Å². The van der Waals surface area contributed by atoms with Gasteiger partial charge >= 0.3 is 6.18 Å². The molecule has 86 heavy (non-hydrogen) atoms. The molecular formula is C65H86F3N11O6S. The molecule has 8 rings (SSSR count). The average molecular weight is 1210 g/mol. The van der Waals surface area contributed by atoms with Gasteiger partial charge in [-0.3, -0.25) is 38.6 Å². The lowest BCUT2D eigenvalue weighted by molar-refractivity contribution is -0.144. The van der Waals surface area contributed by atoms with E-state index in [4.69, 9.17) is 0 Å². The van der Waals surface area contributed by atoms with Crippen LogP contribution in [-0.4, -0.2) is 150 Å². The number of hydrogen-bond acceptors (Lipinski definition) is 12. The summed E-state index contributed by atoms with van der Waals surface area (Å²) in [5.41, 5.74) is 5.28. The number of rotatable bonds is 25. The van der Waals surface area contributed by atoms with E-state index in [0.717, 1.165) is 135 Å². The Morgan fingerprint density at radius 3 is 2.07 bits per heavy atom. The van der Waals surface area contributed by atoms with Crippen molar-refractivity contribution in [3.63, 3.8) is 0 Å². The minimum Gasteiger partial charge on any atom is -0.367 e. The van der Waals surface area contributed by atoms with Crippen LogP contribution in [0.2, 0.25) is 0 Å². The van der Waals surface area contributed by atoms with Crippen molar-refractivity contribution < 1.29 is 37.1 Å². The van der Waals surface area contributed by atoms with Gasteiger partial charge in [0.1, 0.15) is 12.1 Å². The second-order valence-electron chi connectivity index (χ2n) is 24.4. The molecule has 3 aromatic carbocycles. The van der Waals surface area contributed by atoms with E-state index in [2.05, 4.69) is 63.0 Å². The Balaban J connectivity index is 0.690. The lowest BCUT2D eigenvalue weighted by atomic mass is 9.85. The molecule has 3 fully saturated rings. The van der Waals surface area contributed by atoms with E-state index < -0.39 is 46.3 Å². The third kappa shape index (κ3) is 18.1. The summed E-state index contributed by atoms with van der Waals surface area (Å²) >= 11 is 1.60. The summed E-state index contributed by atoms with van der Waals surface area (Å²) in [6.45, 7) is 18.7. The number of unbranched alkanes of at least 4 members (excludes halogenated alkanes) is 6. The molecule has 21 heteroatoms. The first-order chi connectivity index (χ1) is 41.1. The Kier molecular flexibility index (Phi) is 22.8. The number of nitrogens with one attached hydrogen (secondary N) is 5. The molecule has 0 saturated carbocycles. The number of benzene rings is 3. The van der Waals surface area contributed by atoms with Gasteiger partial charge in [-0.05, 0) is 98.0 Å². The quantitative estimate of drug-likeness (QED) is 0.0349. The number of piperazine rings is 2. The molecule has 0 aliphatic carbocycles. The summed E-state index contributed by atoms with van der Waals surface area (Å²) in [5.74, 6) is -1.48. The first-order valence-corrected chi connectivity index (χ1v) is 31.4. The highest BCUT2D eigenvalue weighted by Gasteiger charge is 2.42. The van der Waals surface area contributed by atoms with Gasteiger partial charge in [-0.2, -0.15) is 13.2 Å². The number of likely N-dealkylation sites (N-methyl/N-ethyl adjacent to an activating group) is 1. The van der Waals surface area contributed by atoms with Crippen molar-refractivity contribution in [1.82, 2.24) is 45.5 Å². The molecule has 3 aliphatic rings. The number of hydrogen-bond donors (Lipinski definition) is 5. The molecule has 5 amide bonds. The van der Waals surface area contributed by atoms with Crippen molar-refractivity contribution in [1.29, 1.82) is 0 Å². The summed E-state index contributed by atoms with van der Waals surface area (Å²) in [5, 5.41) is 12.0. The van der Waals surface area contributed by atoms with Crippen LogP contribution >= 0.6 is 11.3 Å². The number of carbonyl (C=O) groups excluding carboxylic acids is 5. The number of pyridine rings is 1. The topological polar surface area (TPSA) is 195 Å². The van der Waals surface area contributed by atoms with Crippen LogP contribution in [0, 0.1) is 12.3 Å². The summed E-state index contributed by atoms with van der Waals surface area (Å²) in [6.07, 6.45) is 4.41. The largest absolute Gasteiger partial charge is 0.417 e. The first kappa shape index (κ1) is 65.0. The minimum atomic E-state index is -4.90. The lowest BCUT2D eigenvalue weighted by Gasteiger charge is -2.35. The van der Waals surface area contributed by atoms with Crippen LogP contribution in [0.25, 0.3) is 21.6 Å². The maximum atomic E-state index is 14.1. The monoisotopic (exact) mass is 1210 g/mol. The fourth-order valence-electron chi connectivity index (χ4n) is 11.6. The van der Waals surface area contributed by atoms with E-state index in [-0.39, 0.29) is 29.7 Å². The fraction of sp³-hybridized carbons (Fsp3) is 0.523. The number of thiazole rings is 1. The minimum absolute atomic E-state index is 0.0627. The van der Waals surface area contributed by atoms with Gasteiger partial charge in [-0.15, -0.1) is 11.3 Å². The molecule has 5 N–H and O–H groups in total. The Hall–Kier alpha value is -6.94. The van der Waals surface area contributed by atoms with Crippen molar-refractivity contribution in [2.75, 3.05) is 89.3 Å². The second-order valence-corrected chi connectivity index (χ2v) is 25.3.